The summed E-state index contributed by atoms with van der Waals surface area (Å²) in [4.78, 5) is 16.4. The molecule has 9 heteroatoms. The summed E-state index contributed by atoms with van der Waals surface area (Å²) in [6.07, 6.45) is 1.61. The number of amides is 1. The second-order valence-electron chi connectivity index (χ2n) is 4.50. The van der Waals surface area contributed by atoms with Crippen LogP contribution < -0.4 is 5.32 Å². The molecule has 0 radical (unpaired) electrons. The van der Waals surface area contributed by atoms with Crippen LogP contribution in [0, 0.1) is 0 Å². The minimum absolute atomic E-state index is 0.191. The second-order valence-corrected chi connectivity index (χ2v) is 5.83. The van der Waals surface area contributed by atoms with Crippen LogP contribution >= 0.6 is 22.9 Å². The molecule has 3 aromatic rings. The summed E-state index contributed by atoms with van der Waals surface area (Å²) in [5, 5.41) is 13.6. The van der Waals surface area contributed by atoms with Gasteiger partial charge in [0.25, 0.3) is 5.91 Å². The fourth-order valence-corrected chi connectivity index (χ4v) is 2.63. The third-order valence-electron chi connectivity index (χ3n) is 2.98. The van der Waals surface area contributed by atoms with Gasteiger partial charge in [-0.05, 0) is 24.3 Å². The van der Waals surface area contributed by atoms with Crippen LogP contribution in [0.25, 0.3) is 5.69 Å². The zero-order valence-electron chi connectivity index (χ0n) is 12.1. The molecule has 23 heavy (non-hydrogen) atoms. The Morgan fingerprint density at radius 3 is 2.83 bits per heavy atom. The van der Waals surface area contributed by atoms with E-state index in [9.17, 15) is 4.79 Å². The van der Waals surface area contributed by atoms with Gasteiger partial charge >= 0.3 is 0 Å². The summed E-state index contributed by atoms with van der Waals surface area (Å²) in [7, 11) is 1.54. The number of nitrogens with zero attached hydrogens (tertiary/aromatic N) is 4. The van der Waals surface area contributed by atoms with E-state index in [1.807, 2.05) is 0 Å². The van der Waals surface area contributed by atoms with E-state index in [-0.39, 0.29) is 18.2 Å². The van der Waals surface area contributed by atoms with Gasteiger partial charge < -0.3 is 4.74 Å². The Balaban J connectivity index is 1.94. The Hall–Kier alpha value is -2.29. The van der Waals surface area contributed by atoms with E-state index in [1.165, 1.54) is 11.3 Å². The minimum atomic E-state index is -0.382. The highest BCUT2D eigenvalue weighted by Gasteiger charge is 2.21. The number of hydrogen-bond acceptors (Lipinski definition) is 6. The van der Waals surface area contributed by atoms with Gasteiger partial charge in [0.2, 0.25) is 0 Å². The van der Waals surface area contributed by atoms with Crippen LogP contribution in [0.3, 0.4) is 0 Å². The number of halogens is 1. The number of aromatic nitrogens is 4. The molecule has 0 bridgehead atoms. The number of carbonyl (C=O) groups is 1. The summed E-state index contributed by atoms with van der Waals surface area (Å²) >= 11 is 7.22. The number of benzene rings is 1. The highest BCUT2D eigenvalue weighted by molar-refractivity contribution is 7.13. The Labute approximate surface area is 140 Å². The predicted molar refractivity (Wildman–Crippen MR) is 87.1 cm³/mol. The van der Waals surface area contributed by atoms with Crippen LogP contribution in [0.4, 0.5) is 5.13 Å². The molecule has 0 unspecified atom stereocenters. The quantitative estimate of drug-likeness (QED) is 0.766. The molecule has 0 fully saturated rings. The molecule has 0 aliphatic rings. The number of hydrogen-bond donors (Lipinski definition) is 1. The molecular formula is C14H12ClN5O2S. The molecule has 0 saturated heterocycles. The molecule has 0 atom stereocenters. The standard InChI is InChI=1S/C14H12ClN5O2S/c1-22-8-11-12(13(21)17-14-16-6-7-23-14)18-19-20(11)10-4-2-9(15)3-5-10/h2-7H,8H2,1H3,(H,16,17,21). The van der Waals surface area contributed by atoms with Crippen molar-refractivity contribution in [3.63, 3.8) is 0 Å². The van der Waals surface area contributed by atoms with E-state index in [1.54, 1.807) is 47.6 Å². The molecule has 118 valence electrons. The van der Waals surface area contributed by atoms with Crippen LogP contribution in [0.5, 0.6) is 0 Å². The summed E-state index contributed by atoms with van der Waals surface area (Å²) in [5.41, 5.74) is 1.48. The predicted octanol–water partition coefficient (Wildman–Crippen LogP) is 2.78. The van der Waals surface area contributed by atoms with Gasteiger partial charge in [0.1, 0.15) is 5.69 Å². The van der Waals surface area contributed by atoms with E-state index >= 15 is 0 Å². The average molecular weight is 350 g/mol. The number of methoxy groups -OCH3 is 1. The van der Waals surface area contributed by atoms with Gasteiger partial charge in [-0.15, -0.1) is 16.4 Å². The maximum atomic E-state index is 12.4. The van der Waals surface area contributed by atoms with Crippen molar-refractivity contribution in [3.05, 3.63) is 52.3 Å². The molecule has 0 aliphatic carbocycles. The number of anilines is 1. The molecule has 3 rings (SSSR count). The second kappa shape index (κ2) is 6.86. The van der Waals surface area contributed by atoms with Gasteiger partial charge in [-0.1, -0.05) is 16.8 Å². The lowest BCUT2D eigenvalue weighted by atomic mass is 10.2. The van der Waals surface area contributed by atoms with E-state index in [4.69, 9.17) is 16.3 Å². The van der Waals surface area contributed by atoms with Gasteiger partial charge in [0.05, 0.1) is 12.3 Å². The first kappa shape index (κ1) is 15.6. The van der Waals surface area contributed by atoms with Crippen molar-refractivity contribution in [3.8, 4) is 5.69 Å². The van der Waals surface area contributed by atoms with Crippen molar-refractivity contribution in [1.82, 2.24) is 20.0 Å². The van der Waals surface area contributed by atoms with Crippen molar-refractivity contribution in [1.29, 1.82) is 0 Å². The van der Waals surface area contributed by atoms with Crippen LogP contribution in [-0.2, 0) is 11.3 Å². The topological polar surface area (TPSA) is 81.9 Å². The Bertz CT molecular complexity index is 801. The zero-order valence-corrected chi connectivity index (χ0v) is 13.6. The molecule has 0 aliphatic heterocycles. The molecule has 1 N–H and O–H groups in total. The maximum absolute atomic E-state index is 12.4. The van der Waals surface area contributed by atoms with Crippen molar-refractivity contribution in [2.45, 2.75) is 6.61 Å². The van der Waals surface area contributed by atoms with Crippen molar-refractivity contribution < 1.29 is 9.53 Å². The maximum Gasteiger partial charge on any atom is 0.280 e. The van der Waals surface area contributed by atoms with E-state index in [0.29, 0.717) is 15.8 Å². The lowest BCUT2D eigenvalue weighted by molar-refractivity contribution is 0.101. The first-order valence-corrected chi connectivity index (χ1v) is 7.85. The van der Waals surface area contributed by atoms with Crippen LogP contribution in [-0.4, -0.2) is 33.0 Å². The van der Waals surface area contributed by atoms with Crippen LogP contribution in [0.1, 0.15) is 16.2 Å². The summed E-state index contributed by atoms with van der Waals surface area (Å²) in [6, 6.07) is 7.06. The first-order valence-electron chi connectivity index (χ1n) is 6.59. The highest BCUT2D eigenvalue weighted by Crippen LogP contribution is 2.18. The largest absolute Gasteiger partial charge is 0.378 e. The molecule has 0 spiro atoms. The molecule has 0 saturated carbocycles. The molecule has 2 aromatic heterocycles. The summed E-state index contributed by atoms with van der Waals surface area (Å²) in [6.45, 7) is 0.191. The first-order chi connectivity index (χ1) is 11.2. The summed E-state index contributed by atoms with van der Waals surface area (Å²) < 4.78 is 6.73. The highest BCUT2D eigenvalue weighted by atomic mass is 35.5. The van der Waals surface area contributed by atoms with Gasteiger partial charge in [0.15, 0.2) is 10.8 Å². The molecular weight excluding hydrogens is 338 g/mol. The molecule has 1 amide bonds. The number of nitrogens with one attached hydrogen (secondary N) is 1. The normalized spacial score (nSPS) is 10.7. The summed E-state index contributed by atoms with van der Waals surface area (Å²) in [5.74, 6) is -0.382. The number of thiazole rings is 1. The lowest BCUT2D eigenvalue weighted by Gasteiger charge is -2.07. The Morgan fingerprint density at radius 1 is 1.39 bits per heavy atom. The SMILES string of the molecule is COCc1c(C(=O)Nc2nccs2)nnn1-c1ccc(Cl)cc1. The van der Waals surface area contributed by atoms with Crippen LogP contribution in [0.15, 0.2) is 35.8 Å². The van der Waals surface area contributed by atoms with Gasteiger partial charge in [0, 0.05) is 23.7 Å². The molecule has 1 aromatic carbocycles. The number of carbonyl (C=O) groups excluding carboxylic acids is 1. The molecule has 7 nitrogen and oxygen atoms in total. The molecule has 2 heterocycles. The third kappa shape index (κ3) is 3.39. The number of ether oxygens (including phenoxy) is 1. The van der Waals surface area contributed by atoms with E-state index < -0.39 is 0 Å². The fourth-order valence-electron chi connectivity index (χ4n) is 1.98. The monoisotopic (exact) mass is 349 g/mol. The van der Waals surface area contributed by atoms with Crippen LogP contribution in [0.2, 0.25) is 5.02 Å². The van der Waals surface area contributed by atoms with Gasteiger partial charge in [-0.2, -0.15) is 0 Å². The minimum Gasteiger partial charge on any atom is -0.378 e. The van der Waals surface area contributed by atoms with Crippen molar-refractivity contribution in [2.75, 3.05) is 12.4 Å². The number of rotatable bonds is 5. The van der Waals surface area contributed by atoms with Crippen molar-refractivity contribution in [2.24, 2.45) is 0 Å². The van der Waals surface area contributed by atoms with E-state index in [0.717, 1.165) is 5.69 Å². The smallest absolute Gasteiger partial charge is 0.280 e. The lowest BCUT2D eigenvalue weighted by Crippen LogP contribution is -2.15. The fraction of sp³-hybridized carbons (Fsp3) is 0.143. The zero-order chi connectivity index (χ0) is 16.2. The van der Waals surface area contributed by atoms with Crippen molar-refractivity contribution >= 4 is 34.0 Å². The third-order valence-corrected chi connectivity index (χ3v) is 3.92. The van der Waals surface area contributed by atoms with Gasteiger partial charge in [-0.25, -0.2) is 9.67 Å². The van der Waals surface area contributed by atoms with Gasteiger partial charge in [-0.3, -0.25) is 10.1 Å². The Morgan fingerprint density at radius 2 is 2.17 bits per heavy atom. The average Bonchev–Trinajstić information content (AvgIpc) is 3.18. The van der Waals surface area contributed by atoms with E-state index in [2.05, 4.69) is 20.6 Å². The Kier molecular flexibility index (Phi) is 4.65.